The highest BCUT2D eigenvalue weighted by Crippen LogP contribution is 2.30. The van der Waals surface area contributed by atoms with Gasteiger partial charge in [-0.1, -0.05) is 37.5 Å². The number of aromatic nitrogens is 1. The van der Waals surface area contributed by atoms with Crippen LogP contribution in [0.5, 0.6) is 0 Å². The topological polar surface area (TPSA) is 85.4 Å². The Morgan fingerprint density at radius 2 is 1.94 bits per heavy atom. The van der Waals surface area contributed by atoms with Crippen LogP contribution in [0.2, 0.25) is 0 Å². The molecule has 0 bridgehead atoms. The average Bonchev–Trinajstić information content (AvgIpc) is 2.85. The van der Waals surface area contributed by atoms with Gasteiger partial charge in [-0.25, -0.2) is 9.37 Å². The predicted molar refractivity (Wildman–Crippen MR) is 129 cm³/mol. The standard InChI is InChI=1S/C25H29F4N3O3S/c1-16(18-9-12-22(20(26)14-18)32(2)36(34)35)24(33)30-15-19-10-13-23(25(27,28)29)31-21(19)11-8-17-6-4-3-5-7-17/h8-14,16-17H,3-7,15H2,1-2H3,(H,30,33)(H,34,35)/p-1. The number of alkyl halides is 3. The van der Waals surface area contributed by atoms with Crippen LogP contribution in [0.3, 0.4) is 0 Å². The second-order valence-electron chi connectivity index (χ2n) is 8.86. The van der Waals surface area contributed by atoms with E-state index in [1.165, 1.54) is 25.2 Å². The van der Waals surface area contributed by atoms with Gasteiger partial charge in [0.25, 0.3) is 0 Å². The summed E-state index contributed by atoms with van der Waals surface area (Å²) in [5, 5.41) is 2.68. The molecule has 0 saturated heterocycles. The van der Waals surface area contributed by atoms with Crippen LogP contribution in [0.25, 0.3) is 6.08 Å². The van der Waals surface area contributed by atoms with Crippen molar-refractivity contribution in [1.29, 1.82) is 0 Å². The summed E-state index contributed by atoms with van der Waals surface area (Å²) < 4.78 is 77.0. The number of allylic oxidation sites excluding steroid dienone is 1. The molecule has 6 nitrogen and oxygen atoms in total. The van der Waals surface area contributed by atoms with Crippen molar-refractivity contribution < 1.29 is 31.1 Å². The van der Waals surface area contributed by atoms with E-state index in [-0.39, 0.29) is 23.8 Å². The van der Waals surface area contributed by atoms with E-state index >= 15 is 0 Å². The molecule has 1 aromatic carbocycles. The molecule has 1 N–H and O–H groups in total. The normalized spacial score (nSPS) is 16.6. The number of pyridine rings is 1. The predicted octanol–water partition coefficient (Wildman–Crippen LogP) is 5.48. The summed E-state index contributed by atoms with van der Waals surface area (Å²) in [5.74, 6) is -1.78. The lowest BCUT2D eigenvalue weighted by Gasteiger charge is -2.22. The van der Waals surface area contributed by atoms with Gasteiger partial charge >= 0.3 is 6.18 Å². The van der Waals surface area contributed by atoms with Crippen LogP contribution in [0.4, 0.5) is 23.2 Å². The third-order valence-corrected chi connectivity index (χ3v) is 7.00. The van der Waals surface area contributed by atoms with Gasteiger partial charge in [-0.2, -0.15) is 13.2 Å². The van der Waals surface area contributed by atoms with Crippen molar-refractivity contribution in [3.8, 4) is 0 Å². The van der Waals surface area contributed by atoms with Gasteiger partial charge in [-0.05, 0) is 61.1 Å². The summed E-state index contributed by atoms with van der Waals surface area (Å²) in [6.07, 6.45) is 4.18. The van der Waals surface area contributed by atoms with E-state index in [9.17, 15) is 31.1 Å². The number of nitrogens with one attached hydrogen (secondary N) is 1. The monoisotopic (exact) mass is 526 g/mol. The molecule has 1 heterocycles. The molecule has 2 unspecified atom stereocenters. The third-order valence-electron chi connectivity index (χ3n) is 6.36. The van der Waals surface area contributed by atoms with Crippen LogP contribution < -0.4 is 9.62 Å². The lowest BCUT2D eigenvalue weighted by atomic mass is 9.89. The van der Waals surface area contributed by atoms with Gasteiger partial charge < -0.3 is 14.2 Å². The van der Waals surface area contributed by atoms with E-state index in [0.717, 1.165) is 48.5 Å². The molecule has 0 spiro atoms. The molecule has 1 amide bonds. The summed E-state index contributed by atoms with van der Waals surface area (Å²) in [6.45, 7) is 1.49. The molecular formula is C25H28F4N3O3S-. The van der Waals surface area contributed by atoms with Gasteiger partial charge in [0.05, 0.1) is 17.3 Å². The van der Waals surface area contributed by atoms with Crippen molar-refractivity contribution in [2.75, 3.05) is 11.4 Å². The molecule has 0 aliphatic heterocycles. The van der Waals surface area contributed by atoms with Crippen molar-refractivity contribution in [1.82, 2.24) is 10.3 Å². The van der Waals surface area contributed by atoms with Gasteiger partial charge in [-0.3, -0.25) is 9.00 Å². The smallest absolute Gasteiger partial charge is 0.433 e. The molecule has 196 valence electrons. The lowest BCUT2D eigenvalue weighted by molar-refractivity contribution is -0.141. The van der Waals surface area contributed by atoms with E-state index < -0.39 is 40.8 Å². The minimum absolute atomic E-state index is 0.0584. The molecular weight excluding hydrogens is 498 g/mol. The van der Waals surface area contributed by atoms with Gasteiger partial charge in [0.1, 0.15) is 11.5 Å². The fraction of sp³-hybridized carbons (Fsp3) is 0.440. The Morgan fingerprint density at radius 1 is 1.25 bits per heavy atom. The number of hydrogen-bond acceptors (Lipinski definition) is 4. The molecule has 1 aliphatic carbocycles. The number of carbonyl (C=O) groups excluding carboxylic acids is 1. The first-order valence-corrected chi connectivity index (χ1v) is 12.7. The Kier molecular flexibility index (Phi) is 9.24. The number of halogens is 4. The first kappa shape index (κ1) is 27.8. The summed E-state index contributed by atoms with van der Waals surface area (Å²) in [5.41, 5.74) is -0.274. The minimum Gasteiger partial charge on any atom is -0.755 e. The van der Waals surface area contributed by atoms with Crippen LogP contribution in [-0.2, 0) is 28.8 Å². The Bertz CT molecular complexity index is 1130. The second-order valence-corrected chi connectivity index (χ2v) is 9.84. The lowest BCUT2D eigenvalue weighted by Crippen LogP contribution is -2.28. The second kappa shape index (κ2) is 12.0. The van der Waals surface area contributed by atoms with Crippen LogP contribution in [0, 0.1) is 11.7 Å². The zero-order valence-corrected chi connectivity index (χ0v) is 20.8. The Hall–Kier alpha value is -2.79. The van der Waals surface area contributed by atoms with Gasteiger partial charge in [0, 0.05) is 24.9 Å². The van der Waals surface area contributed by atoms with E-state index in [1.807, 2.05) is 6.08 Å². The molecule has 3 rings (SSSR count). The van der Waals surface area contributed by atoms with E-state index in [0.29, 0.717) is 11.1 Å². The molecule has 1 aliphatic rings. The highest BCUT2D eigenvalue weighted by atomic mass is 32.2. The molecule has 2 aromatic rings. The zero-order valence-electron chi connectivity index (χ0n) is 20.0. The SMILES string of the molecule is CC(C(=O)NCc1ccc(C(F)(F)F)nc1C=CC1CCCCC1)c1ccc(N(C)S(=O)[O-])c(F)c1. The number of benzene rings is 1. The Labute approximate surface area is 210 Å². The molecule has 1 saturated carbocycles. The summed E-state index contributed by atoms with van der Waals surface area (Å²) in [4.78, 5) is 16.5. The number of nitrogens with zero attached hydrogens (tertiary/aromatic N) is 2. The molecule has 0 radical (unpaired) electrons. The number of amides is 1. The van der Waals surface area contributed by atoms with Gasteiger partial charge in [0.2, 0.25) is 5.91 Å². The molecule has 2 atom stereocenters. The van der Waals surface area contributed by atoms with Gasteiger partial charge in [-0.15, -0.1) is 0 Å². The first-order chi connectivity index (χ1) is 17.0. The first-order valence-electron chi connectivity index (χ1n) is 11.6. The molecule has 36 heavy (non-hydrogen) atoms. The average molecular weight is 527 g/mol. The van der Waals surface area contributed by atoms with Crippen molar-refractivity contribution in [3.05, 3.63) is 64.7 Å². The Balaban J connectivity index is 1.75. The quantitative estimate of drug-likeness (QED) is 0.365. The Morgan fingerprint density at radius 3 is 2.56 bits per heavy atom. The summed E-state index contributed by atoms with van der Waals surface area (Å²) in [7, 11) is 1.19. The number of carbonyl (C=O) groups is 1. The van der Waals surface area contributed by atoms with Crippen LogP contribution >= 0.6 is 0 Å². The number of rotatable bonds is 8. The van der Waals surface area contributed by atoms with Crippen molar-refractivity contribution in [3.63, 3.8) is 0 Å². The van der Waals surface area contributed by atoms with Crippen LogP contribution in [0.1, 0.15) is 67.5 Å². The molecule has 1 fully saturated rings. The third kappa shape index (κ3) is 7.13. The maximum absolute atomic E-state index is 14.4. The van der Waals surface area contributed by atoms with E-state index in [1.54, 1.807) is 13.0 Å². The number of anilines is 1. The van der Waals surface area contributed by atoms with Crippen LogP contribution in [-0.4, -0.2) is 26.7 Å². The maximum Gasteiger partial charge on any atom is 0.433 e. The summed E-state index contributed by atoms with van der Waals surface area (Å²) >= 11 is -2.65. The highest BCUT2D eigenvalue weighted by Gasteiger charge is 2.33. The molecule has 1 aromatic heterocycles. The largest absolute Gasteiger partial charge is 0.755 e. The summed E-state index contributed by atoms with van der Waals surface area (Å²) in [6, 6.07) is 5.98. The highest BCUT2D eigenvalue weighted by molar-refractivity contribution is 7.80. The van der Waals surface area contributed by atoms with Crippen LogP contribution in [0.15, 0.2) is 36.4 Å². The molecule has 11 heteroatoms. The number of hydrogen-bond donors (Lipinski definition) is 1. The van der Waals surface area contributed by atoms with Crippen molar-refractivity contribution >= 4 is 28.9 Å². The minimum atomic E-state index is -4.59. The van der Waals surface area contributed by atoms with Gasteiger partial charge in [0.15, 0.2) is 0 Å². The van der Waals surface area contributed by atoms with E-state index in [4.69, 9.17) is 0 Å². The fourth-order valence-corrected chi connectivity index (χ4v) is 4.43. The maximum atomic E-state index is 14.4. The van der Waals surface area contributed by atoms with Crippen molar-refractivity contribution in [2.24, 2.45) is 5.92 Å². The zero-order chi connectivity index (χ0) is 26.5. The van der Waals surface area contributed by atoms with E-state index in [2.05, 4.69) is 10.3 Å². The fourth-order valence-electron chi connectivity index (χ4n) is 4.12. The van der Waals surface area contributed by atoms with Crippen molar-refractivity contribution in [2.45, 2.75) is 57.7 Å².